The Morgan fingerprint density at radius 3 is 2.57 bits per heavy atom. The Kier molecular flexibility index (Phi) is 5.06. The molecule has 0 N–H and O–H groups in total. The van der Waals surface area contributed by atoms with Crippen LogP contribution in [0.25, 0.3) is 6.08 Å². The van der Waals surface area contributed by atoms with Crippen LogP contribution in [0.1, 0.15) is 38.2 Å². The fourth-order valence-electron chi connectivity index (χ4n) is 1.46. The maximum atomic E-state index is 4.07. The third-order valence-electron chi connectivity index (χ3n) is 2.27. The van der Waals surface area contributed by atoms with E-state index >= 15 is 0 Å². The average Bonchev–Trinajstić information content (AvgIpc) is 2.20. The number of unbranched alkanes of at least 4 members (excludes halogenated alkanes) is 2. The summed E-state index contributed by atoms with van der Waals surface area (Å²) in [6.07, 6.45) is 7.15. The molecular formula is C14H19. The molecule has 14 heavy (non-hydrogen) atoms. The van der Waals surface area contributed by atoms with Crippen LogP contribution in [0.4, 0.5) is 0 Å². The van der Waals surface area contributed by atoms with Crippen LogP contribution in [0, 0.1) is 6.92 Å². The quantitative estimate of drug-likeness (QED) is 0.596. The van der Waals surface area contributed by atoms with Crippen LogP contribution in [-0.2, 0) is 0 Å². The number of hydrogen-bond acceptors (Lipinski definition) is 0. The fraction of sp³-hybridized carbons (Fsp3) is 0.357. The molecule has 1 aromatic rings. The molecule has 0 heteroatoms. The number of rotatable bonds is 5. The van der Waals surface area contributed by atoms with E-state index in [1.54, 1.807) is 0 Å². The summed E-state index contributed by atoms with van der Waals surface area (Å²) in [4.78, 5) is 0. The SMILES string of the molecule is [CH2]/C(=C\c1ccccc1)CCCCC. The summed E-state index contributed by atoms with van der Waals surface area (Å²) in [6.45, 7) is 6.29. The van der Waals surface area contributed by atoms with E-state index in [4.69, 9.17) is 0 Å². The van der Waals surface area contributed by atoms with Gasteiger partial charge in [0.2, 0.25) is 0 Å². The highest BCUT2D eigenvalue weighted by Crippen LogP contribution is 2.12. The van der Waals surface area contributed by atoms with Gasteiger partial charge in [0.25, 0.3) is 0 Å². The largest absolute Gasteiger partial charge is 0.0693 e. The van der Waals surface area contributed by atoms with Gasteiger partial charge in [0.15, 0.2) is 0 Å². The number of allylic oxidation sites excluding steroid dienone is 1. The zero-order valence-electron chi connectivity index (χ0n) is 9.00. The molecule has 0 spiro atoms. The molecule has 0 saturated heterocycles. The zero-order valence-corrected chi connectivity index (χ0v) is 9.00. The maximum absolute atomic E-state index is 4.07. The highest BCUT2D eigenvalue weighted by Gasteiger charge is 1.91. The minimum Gasteiger partial charge on any atom is -0.0693 e. The van der Waals surface area contributed by atoms with E-state index in [1.807, 2.05) is 6.07 Å². The van der Waals surface area contributed by atoms with Crippen molar-refractivity contribution in [3.63, 3.8) is 0 Å². The first-order valence-electron chi connectivity index (χ1n) is 5.40. The van der Waals surface area contributed by atoms with Crippen molar-refractivity contribution in [3.05, 3.63) is 48.4 Å². The second-order valence-electron chi connectivity index (χ2n) is 3.67. The standard InChI is InChI=1S/C14H19/c1-3-4-6-9-13(2)12-14-10-7-5-8-11-14/h5,7-8,10-12H,2-4,6,9H2,1H3/b13-12+. The molecule has 75 valence electrons. The van der Waals surface area contributed by atoms with Gasteiger partial charge >= 0.3 is 0 Å². The number of benzene rings is 1. The molecular weight excluding hydrogens is 168 g/mol. The Hall–Kier alpha value is -1.04. The predicted molar refractivity (Wildman–Crippen MR) is 63.9 cm³/mol. The lowest BCUT2D eigenvalue weighted by atomic mass is 10.1. The van der Waals surface area contributed by atoms with Crippen molar-refractivity contribution < 1.29 is 0 Å². The van der Waals surface area contributed by atoms with Gasteiger partial charge in [-0.3, -0.25) is 0 Å². The molecule has 0 nitrogen and oxygen atoms in total. The zero-order chi connectivity index (χ0) is 10.2. The first-order chi connectivity index (χ1) is 6.83. The summed E-state index contributed by atoms with van der Waals surface area (Å²) in [6, 6.07) is 10.4. The molecule has 0 aliphatic carbocycles. The van der Waals surface area contributed by atoms with E-state index in [1.165, 1.54) is 30.4 Å². The van der Waals surface area contributed by atoms with Crippen LogP contribution >= 0.6 is 0 Å². The van der Waals surface area contributed by atoms with Gasteiger partial charge in [0.05, 0.1) is 0 Å². The molecule has 0 bridgehead atoms. The van der Waals surface area contributed by atoms with Crippen LogP contribution in [0.5, 0.6) is 0 Å². The summed E-state index contributed by atoms with van der Waals surface area (Å²) in [5.41, 5.74) is 2.50. The molecule has 0 unspecified atom stereocenters. The molecule has 0 aliphatic heterocycles. The van der Waals surface area contributed by atoms with Crippen molar-refractivity contribution in [2.75, 3.05) is 0 Å². The molecule has 0 fully saturated rings. The Labute approximate surface area is 87.7 Å². The molecule has 0 heterocycles. The molecule has 0 atom stereocenters. The second kappa shape index (κ2) is 6.42. The van der Waals surface area contributed by atoms with Crippen molar-refractivity contribution in [1.29, 1.82) is 0 Å². The van der Waals surface area contributed by atoms with Gasteiger partial charge in [-0.25, -0.2) is 0 Å². The molecule has 0 aromatic heterocycles. The topological polar surface area (TPSA) is 0 Å². The lowest BCUT2D eigenvalue weighted by molar-refractivity contribution is 0.720. The Morgan fingerprint density at radius 1 is 1.21 bits per heavy atom. The van der Waals surface area contributed by atoms with Crippen molar-refractivity contribution in [2.24, 2.45) is 0 Å². The molecule has 0 saturated carbocycles. The summed E-state index contributed by atoms with van der Waals surface area (Å²) in [5, 5.41) is 0. The van der Waals surface area contributed by atoms with Crippen LogP contribution in [0.3, 0.4) is 0 Å². The first-order valence-corrected chi connectivity index (χ1v) is 5.40. The highest BCUT2D eigenvalue weighted by atomic mass is 14.0. The van der Waals surface area contributed by atoms with E-state index in [2.05, 4.69) is 44.2 Å². The summed E-state index contributed by atoms with van der Waals surface area (Å²) < 4.78 is 0. The summed E-state index contributed by atoms with van der Waals surface area (Å²) in [7, 11) is 0. The minimum absolute atomic E-state index is 1.13. The molecule has 0 amide bonds. The van der Waals surface area contributed by atoms with E-state index in [-0.39, 0.29) is 0 Å². The molecule has 0 aliphatic rings. The smallest absolute Gasteiger partial charge is 0.0257 e. The average molecular weight is 187 g/mol. The molecule has 1 radical (unpaired) electrons. The molecule has 1 aromatic carbocycles. The van der Waals surface area contributed by atoms with Crippen LogP contribution < -0.4 is 0 Å². The van der Waals surface area contributed by atoms with E-state index < -0.39 is 0 Å². The monoisotopic (exact) mass is 187 g/mol. The van der Waals surface area contributed by atoms with Crippen molar-refractivity contribution >= 4 is 6.08 Å². The minimum atomic E-state index is 1.13. The van der Waals surface area contributed by atoms with Gasteiger partial charge in [0, 0.05) is 0 Å². The Morgan fingerprint density at radius 2 is 1.93 bits per heavy atom. The van der Waals surface area contributed by atoms with Gasteiger partial charge in [-0.15, -0.1) is 0 Å². The maximum Gasteiger partial charge on any atom is -0.0257 e. The van der Waals surface area contributed by atoms with E-state index in [0.717, 1.165) is 6.42 Å². The van der Waals surface area contributed by atoms with Gasteiger partial charge < -0.3 is 0 Å². The number of hydrogen-bond donors (Lipinski definition) is 0. The van der Waals surface area contributed by atoms with Gasteiger partial charge in [0.1, 0.15) is 0 Å². The fourth-order valence-corrected chi connectivity index (χ4v) is 1.46. The summed E-state index contributed by atoms with van der Waals surface area (Å²) in [5.74, 6) is 0. The Balaban J connectivity index is 2.43. The third kappa shape index (κ3) is 4.27. The predicted octanol–water partition coefficient (Wildman–Crippen LogP) is 4.48. The van der Waals surface area contributed by atoms with Crippen LogP contribution in [-0.4, -0.2) is 0 Å². The first kappa shape index (κ1) is 11.0. The van der Waals surface area contributed by atoms with Gasteiger partial charge in [-0.1, -0.05) is 61.7 Å². The normalized spacial score (nSPS) is 11.7. The van der Waals surface area contributed by atoms with E-state index in [9.17, 15) is 0 Å². The van der Waals surface area contributed by atoms with Crippen LogP contribution in [0.2, 0.25) is 0 Å². The van der Waals surface area contributed by atoms with Crippen molar-refractivity contribution in [2.45, 2.75) is 32.6 Å². The summed E-state index contributed by atoms with van der Waals surface area (Å²) >= 11 is 0. The van der Waals surface area contributed by atoms with Gasteiger partial charge in [-0.2, -0.15) is 0 Å². The van der Waals surface area contributed by atoms with E-state index in [0.29, 0.717) is 0 Å². The van der Waals surface area contributed by atoms with Gasteiger partial charge in [-0.05, 0) is 25.3 Å². The van der Waals surface area contributed by atoms with Crippen molar-refractivity contribution in [1.82, 2.24) is 0 Å². The third-order valence-corrected chi connectivity index (χ3v) is 2.27. The lowest BCUT2D eigenvalue weighted by Gasteiger charge is -2.00. The van der Waals surface area contributed by atoms with Crippen molar-refractivity contribution in [3.8, 4) is 0 Å². The Bertz CT molecular complexity index is 269. The highest BCUT2D eigenvalue weighted by molar-refractivity contribution is 5.53. The van der Waals surface area contributed by atoms with Crippen LogP contribution in [0.15, 0.2) is 35.9 Å². The molecule has 1 rings (SSSR count). The second-order valence-corrected chi connectivity index (χ2v) is 3.67. The lowest BCUT2D eigenvalue weighted by Crippen LogP contribution is -1.79.